The molecule has 3 aromatic rings. The lowest BCUT2D eigenvalue weighted by Gasteiger charge is -2.35. The van der Waals surface area contributed by atoms with Crippen LogP contribution in [0.4, 0.5) is 10.1 Å². The topological polar surface area (TPSA) is 67.9 Å². The molecule has 1 fully saturated rings. The molecular weight excluding hydrogens is 413 g/mol. The Hall–Kier alpha value is -4.22. The molecule has 5 rings (SSSR count). The van der Waals surface area contributed by atoms with E-state index in [1.54, 1.807) is 36.4 Å². The number of carbonyl (C=O) groups is 1. The first-order valence-electron chi connectivity index (χ1n) is 10.7. The van der Waals surface area contributed by atoms with Crippen molar-refractivity contribution in [2.45, 2.75) is 24.9 Å². The predicted molar refractivity (Wildman–Crippen MR) is 124 cm³/mol. The lowest BCUT2D eigenvalue weighted by atomic mass is 9.69. The number of hydrogen-bond acceptors (Lipinski definition) is 4. The van der Waals surface area contributed by atoms with Crippen molar-refractivity contribution >= 4 is 17.5 Å². The second-order valence-corrected chi connectivity index (χ2v) is 8.54. The molecule has 2 heterocycles. The van der Waals surface area contributed by atoms with Gasteiger partial charge in [0.05, 0.1) is 18.2 Å². The van der Waals surface area contributed by atoms with Crippen LogP contribution in [0.25, 0.3) is 6.08 Å². The summed E-state index contributed by atoms with van der Waals surface area (Å²) in [6.07, 6.45) is 3.67. The number of ketones is 1. The average molecular weight is 433 g/mol. The summed E-state index contributed by atoms with van der Waals surface area (Å²) >= 11 is 0. The third-order valence-electron chi connectivity index (χ3n) is 6.76. The highest BCUT2D eigenvalue weighted by Crippen LogP contribution is 2.55. The van der Waals surface area contributed by atoms with Gasteiger partial charge in [0.2, 0.25) is 0 Å². The number of hydrogen-bond donors (Lipinski definition) is 0. The number of benzene rings is 3. The van der Waals surface area contributed by atoms with Crippen LogP contribution in [-0.4, -0.2) is 17.9 Å². The molecule has 5 heteroatoms. The number of halogens is 1. The molecular formula is C28H20FN3O. The van der Waals surface area contributed by atoms with Crippen LogP contribution in [-0.2, 0) is 0 Å². The van der Waals surface area contributed by atoms with Gasteiger partial charge in [-0.1, -0.05) is 78.4 Å². The summed E-state index contributed by atoms with van der Waals surface area (Å²) in [4.78, 5) is 15.9. The number of para-hydroxylation sites is 1. The number of anilines is 1. The minimum atomic E-state index is -1.66. The Morgan fingerprint density at radius 3 is 2.33 bits per heavy atom. The molecule has 0 amide bonds. The molecule has 0 saturated carbocycles. The summed E-state index contributed by atoms with van der Waals surface area (Å²) in [5, 5.41) is 20.7. The lowest BCUT2D eigenvalue weighted by molar-refractivity contribution is 0.0950. The van der Waals surface area contributed by atoms with Crippen molar-refractivity contribution in [2.24, 2.45) is 5.41 Å². The van der Waals surface area contributed by atoms with Crippen molar-refractivity contribution in [3.8, 4) is 12.1 Å². The summed E-state index contributed by atoms with van der Waals surface area (Å²) in [5.41, 5.74) is 1.66. The van der Waals surface area contributed by atoms with Crippen LogP contribution in [0.15, 0.2) is 78.9 Å². The fourth-order valence-corrected chi connectivity index (χ4v) is 5.19. The summed E-state index contributed by atoms with van der Waals surface area (Å²) in [6, 6.07) is 23.7. The Bertz CT molecular complexity index is 1350. The number of carbonyl (C=O) groups excluding carboxylic acids is 1. The van der Waals surface area contributed by atoms with Gasteiger partial charge in [0.15, 0.2) is 11.2 Å². The van der Waals surface area contributed by atoms with E-state index in [2.05, 4.69) is 12.1 Å². The monoisotopic (exact) mass is 433 g/mol. The zero-order valence-electron chi connectivity index (χ0n) is 17.9. The van der Waals surface area contributed by atoms with Gasteiger partial charge in [0.25, 0.3) is 0 Å². The molecule has 160 valence electrons. The van der Waals surface area contributed by atoms with Crippen LogP contribution < -0.4 is 4.90 Å². The molecule has 0 aromatic heterocycles. The Kier molecular flexibility index (Phi) is 4.84. The molecule has 2 aliphatic rings. The molecule has 0 bridgehead atoms. The van der Waals surface area contributed by atoms with Gasteiger partial charge in [-0.05, 0) is 30.2 Å². The van der Waals surface area contributed by atoms with Crippen molar-refractivity contribution < 1.29 is 9.18 Å². The molecule has 0 aliphatic carbocycles. The molecule has 1 saturated heterocycles. The fourth-order valence-electron chi connectivity index (χ4n) is 5.19. The van der Waals surface area contributed by atoms with Gasteiger partial charge >= 0.3 is 0 Å². The number of fused-ring (bicyclic) bond motifs is 3. The third kappa shape index (κ3) is 2.97. The summed E-state index contributed by atoms with van der Waals surface area (Å²) in [7, 11) is 0. The van der Waals surface area contributed by atoms with E-state index in [1.165, 1.54) is 6.07 Å². The van der Waals surface area contributed by atoms with Crippen molar-refractivity contribution in [1.82, 2.24) is 0 Å². The van der Waals surface area contributed by atoms with E-state index in [0.717, 1.165) is 16.8 Å². The van der Waals surface area contributed by atoms with Gasteiger partial charge in [-0.25, -0.2) is 4.39 Å². The molecule has 0 radical (unpaired) electrons. The van der Waals surface area contributed by atoms with E-state index in [0.29, 0.717) is 5.56 Å². The van der Waals surface area contributed by atoms with Crippen LogP contribution in [0.5, 0.6) is 0 Å². The first-order valence-corrected chi connectivity index (χ1v) is 10.7. The molecule has 0 spiro atoms. The van der Waals surface area contributed by atoms with Gasteiger partial charge in [-0.3, -0.25) is 4.79 Å². The number of aryl methyl sites for hydroxylation is 1. The van der Waals surface area contributed by atoms with Crippen LogP contribution in [0.1, 0.15) is 33.0 Å². The molecule has 0 unspecified atom stereocenters. The molecule has 0 N–H and O–H groups in total. The molecule has 33 heavy (non-hydrogen) atoms. The van der Waals surface area contributed by atoms with E-state index < -0.39 is 29.2 Å². The first-order chi connectivity index (χ1) is 16.0. The van der Waals surface area contributed by atoms with Crippen molar-refractivity contribution in [2.75, 3.05) is 4.90 Å². The minimum absolute atomic E-state index is 0.200. The Labute approximate surface area is 191 Å². The normalized spacial score (nSPS) is 22.1. The third-order valence-corrected chi connectivity index (χ3v) is 6.76. The number of rotatable bonds is 3. The quantitative estimate of drug-likeness (QED) is 0.518. The molecule has 3 aromatic carbocycles. The van der Waals surface area contributed by atoms with Crippen molar-refractivity contribution in [1.29, 1.82) is 10.5 Å². The van der Waals surface area contributed by atoms with Gasteiger partial charge in [0.1, 0.15) is 11.9 Å². The minimum Gasteiger partial charge on any atom is -0.351 e. The van der Waals surface area contributed by atoms with Crippen molar-refractivity contribution in [3.05, 3.63) is 107 Å². The SMILES string of the molecule is Cc1ccc(C(=O)[C@@H]2[C@@H](c3ccccc3F)C(C#N)(C#N)[C@@H]3C=Cc4ccccc4N23)cc1. The van der Waals surface area contributed by atoms with Crippen molar-refractivity contribution in [3.63, 3.8) is 0 Å². The average Bonchev–Trinajstić information content (AvgIpc) is 3.15. The van der Waals surface area contributed by atoms with E-state index in [1.807, 2.05) is 54.3 Å². The molecule has 4 nitrogen and oxygen atoms in total. The zero-order chi connectivity index (χ0) is 23.2. The Balaban J connectivity index is 1.80. The van der Waals surface area contributed by atoms with E-state index in [4.69, 9.17) is 0 Å². The standard InChI is InChI=1S/C28H20FN3O/c1-18-10-12-20(13-11-18)27(33)26-25(21-7-3-4-8-22(21)29)28(16-30,17-31)24-15-14-19-6-2-5-9-23(19)32(24)26/h2-15,24-26H,1H3/t24-,25+,26-/m0/s1. The van der Waals surface area contributed by atoms with Crippen LogP contribution in [0, 0.1) is 40.8 Å². The molecule has 3 atom stereocenters. The van der Waals surface area contributed by atoms with Crippen LogP contribution >= 0.6 is 0 Å². The largest absolute Gasteiger partial charge is 0.351 e. The van der Waals surface area contributed by atoms with Gasteiger partial charge < -0.3 is 4.90 Å². The number of nitrogens with zero attached hydrogens (tertiary/aromatic N) is 3. The highest BCUT2D eigenvalue weighted by Gasteiger charge is 2.63. The van der Waals surface area contributed by atoms with E-state index >= 15 is 4.39 Å². The van der Waals surface area contributed by atoms with E-state index in [9.17, 15) is 15.3 Å². The maximum atomic E-state index is 15.2. The smallest absolute Gasteiger partial charge is 0.185 e. The second-order valence-electron chi connectivity index (χ2n) is 8.54. The summed E-state index contributed by atoms with van der Waals surface area (Å²) in [6.45, 7) is 1.93. The first kappa shape index (κ1) is 20.7. The predicted octanol–water partition coefficient (Wildman–Crippen LogP) is 5.42. The summed E-state index contributed by atoms with van der Waals surface area (Å²) in [5.74, 6) is -1.76. The van der Waals surface area contributed by atoms with Crippen LogP contribution in [0.3, 0.4) is 0 Å². The van der Waals surface area contributed by atoms with E-state index in [-0.39, 0.29) is 11.3 Å². The fraction of sp³-hybridized carbons (Fsp3) is 0.179. The highest BCUT2D eigenvalue weighted by molar-refractivity contribution is 6.04. The Morgan fingerprint density at radius 2 is 1.64 bits per heavy atom. The van der Waals surface area contributed by atoms with Gasteiger partial charge in [0, 0.05) is 17.2 Å². The zero-order valence-corrected chi connectivity index (χ0v) is 17.9. The summed E-state index contributed by atoms with van der Waals surface area (Å²) < 4.78 is 15.2. The Morgan fingerprint density at radius 1 is 0.970 bits per heavy atom. The lowest BCUT2D eigenvalue weighted by Crippen LogP contribution is -2.44. The highest BCUT2D eigenvalue weighted by atomic mass is 19.1. The van der Waals surface area contributed by atoms with Crippen LogP contribution in [0.2, 0.25) is 0 Å². The van der Waals surface area contributed by atoms with Gasteiger partial charge in [-0.15, -0.1) is 0 Å². The maximum absolute atomic E-state index is 15.2. The molecule has 2 aliphatic heterocycles. The second kappa shape index (κ2) is 7.73. The maximum Gasteiger partial charge on any atom is 0.185 e. The van der Waals surface area contributed by atoms with Gasteiger partial charge in [-0.2, -0.15) is 10.5 Å². The number of nitriles is 2. The number of Topliss-reactive ketones (excluding diaryl/α,β-unsaturated/α-hetero) is 1.